The molecule has 104 valence electrons. The molecule has 3 aromatic rings. The van der Waals surface area contributed by atoms with Crippen molar-refractivity contribution in [1.29, 1.82) is 0 Å². The van der Waals surface area contributed by atoms with Gasteiger partial charge in [0.05, 0.1) is 10.9 Å². The second-order valence-electron chi connectivity index (χ2n) is 4.84. The molecule has 0 amide bonds. The minimum absolute atomic E-state index is 0.180. The SMILES string of the molecule is Cc1cc(F)ccc1[S+](c1ccccc1)c1ccccc1. The first kappa shape index (κ1) is 13.9. The molecule has 0 N–H and O–H groups in total. The lowest BCUT2D eigenvalue weighted by molar-refractivity contribution is 0.625. The second kappa shape index (κ2) is 6.15. The Hall–Kier alpha value is -2.06. The van der Waals surface area contributed by atoms with Gasteiger partial charge < -0.3 is 0 Å². The zero-order valence-electron chi connectivity index (χ0n) is 11.8. The van der Waals surface area contributed by atoms with E-state index in [-0.39, 0.29) is 16.7 Å². The van der Waals surface area contributed by atoms with Gasteiger partial charge in [0.1, 0.15) is 5.82 Å². The monoisotopic (exact) mass is 295 g/mol. The normalized spacial score (nSPS) is 10.8. The molecule has 0 saturated carbocycles. The van der Waals surface area contributed by atoms with Gasteiger partial charge in [-0.1, -0.05) is 36.4 Å². The summed E-state index contributed by atoms with van der Waals surface area (Å²) in [5, 5.41) is 0. The predicted octanol–water partition coefficient (Wildman–Crippen LogP) is 5.23. The maximum atomic E-state index is 13.4. The van der Waals surface area contributed by atoms with Crippen molar-refractivity contribution in [2.75, 3.05) is 0 Å². The first-order chi connectivity index (χ1) is 10.3. The first-order valence-electron chi connectivity index (χ1n) is 6.86. The van der Waals surface area contributed by atoms with Gasteiger partial charge in [0, 0.05) is 5.56 Å². The highest BCUT2D eigenvalue weighted by Gasteiger charge is 2.29. The molecule has 0 nitrogen and oxygen atoms in total. The van der Waals surface area contributed by atoms with Crippen molar-refractivity contribution in [3.63, 3.8) is 0 Å². The molecule has 3 rings (SSSR count). The van der Waals surface area contributed by atoms with E-state index in [1.54, 1.807) is 12.1 Å². The Bertz CT molecular complexity index is 684. The molecule has 0 aromatic heterocycles. The lowest BCUT2D eigenvalue weighted by atomic mass is 10.2. The Labute approximate surface area is 127 Å². The van der Waals surface area contributed by atoms with Crippen LogP contribution in [0.3, 0.4) is 0 Å². The van der Waals surface area contributed by atoms with Gasteiger partial charge in [-0.25, -0.2) is 4.39 Å². The second-order valence-corrected chi connectivity index (χ2v) is 6.84. The Morgan fingerprint density at radius 3 is 1.71 bits per heavy atom. The molecular weight excluding hydrogens is 279 g/mol. The van der Waals surface area contributed by atoms with E-state index in [1.807, 2.05) is 25.1 Å². The summed E-state index contributed by atoms with van der Waals surface area (Å²) in [4.78, 5) is 3.67. The topological polar surface area (TPSA) is 0 Å². The molecule has 0 fully saturated rings. The van der Waals surface area contributed by atoms with Gasteiger partial charge in [-0.15, -0.1) is 0 Å². The van der Waals surface area contributed by atoms with E-state index in [1.165, 1.54) is 14.7 Å². The lowest BCUT2D eigenvalue weighted by Gasteiger charge is -2.10. The van der Waals surface area contributed by atoms with Gasteiger partial charge in [-0.05, 0) is 49.4 Å². The summed E-state index contributed by atoms with van der Waals surface area (Å²) in [7, 11) is -0.201. The van der Waals surface area contributed by atoms with Crippen molar-refractivity contribution < 1.29 is 4.39 Å². The van der Waals surface area contributed by atoms with E-state index >= 15 is 0 Å². The van der Waals surface area contributed by atoms with E-state index in [4.69, 9.17) is 0 Å². The quantitative estimate of drug-likeness (QED) is 0.580. The van der Waals surface area contributed by atoms with E-state index in [0.29, 0.717) is 0 Å². The summed E-state index contributed by atoms with van der Waals surface area (Å²) >= 11 is 0. The van der Waals surface area contributed by atoms with Crippen molar-refractivity contribution in [3.8, 4) is 0 Å². The summed E-state index contributed by atoms with van der Waals surface area (Å²) in [6, 6.07) is 25.9. The summed E-state index contributed by atoms with van der Waals surface area (Å²) in [5.74, 6) is -0.180. The smallest absolute Gasteiger partial charge is 0.169 e. The van der Waals surface area contributed by atoms with Crippen LogP contribution in [-0.4, -0.2) is 0 Å². The van der Waals surface area contributed by atoms with Crippen molar-refractivity contribution in [1.82, 2.24) is 0 Å². The van der Waals surface area contributed by atoms with Crippen LogP contribution in [0.5, 0.6) is 0 Å². The Balaban J connectivity index is 2.17. The molecule has 0 aliphatic rings. The number of hydrogen-bond acceptors (Lipinski definition) is 0. The fraction of sp³-hybridized carbons (Fsp3) is 0.0526. The molecule has 3 aromatic carbocycles. The minimum atomic E-state index is -0.201. The molecule has 21 heavy (non-hydrogen) atoms. The standard InChI is InChI=1S/C19H16FS/c1-15-14-16(20)12-13-19(15)21(17-8-4-2-5-9-17)18-10-6-3-7-11-18/h2-14H,1H3/q+1. The molecule has 0 aliphatic heterocycles. The van der Waals surface area contributed by atoms with Crippen molar-refractivity contribution in [3.05, 3.63) is 90.2 Å². The molecule has 0 saturated heterocycles. The van der Waals surface area contributed by atoms with Crippen LogP contribution in [0.25, 0.3) is 0 Å². The third-order valence-corrected chi connectivity index (χ3v) is 5.70. The van der Waals surface area contributed by atoms with Crippen molar-refractivity contribution in [2.24, 2.45) is 0 Å². The number of aryl methyl sites for hydroxylation is 1. The minimum Gasteiger partial charge on any atom is -0.207 e. The third-order valence-electron chi connectivity index (χ3n) is 3.31. The maximum Gasteiger partial charge on any atom is 0.169 e. The summed E-state index contributed by atoms with van der Waals surface area (Å²) in [6.07, 6.45) is 0. The van der Waals surface area contributed by atoms with Crippen molar-refractivity contribution >= 4 is 10.9 Å². The van der Waals surface area contributed by atoms with E-state index in [0.717, 1.165) is 5.56 Å². The summed E-state index contributed by atoms with van der Waals surface area (Å²) in [5.41, 5.74) is 0.992. The van der Waals surface area contributed by atoms with Crippen LogP contribution in [0, 0.1) is 12.7 Å². The molecular formula is C19H16FS+. The van der Waals surface area contributed by atoms with Gasteiger partial charge in [0.15, 0.2) is 14.7 Å². The van der Waals surface area contributed by atoms with Crippen LogP contribution in [-0.2, 0) is 10.9 Å². The first-order valence-corrected chi connectivity index (χ1v) is 8.09. The van der Waals surface area contributed by atoms with E-state index in [9.17, 15) is 4.39 Å². The number of benzene rings is 3. The van der Waals surface area contributed by atoms with Crippen LogP contribution in [0.15, 0.2) is 93.5 Å². The summed E-state index contributed by atoms with van der Waals surface area (Å²) in [6.45, 7) is 1.98. The van der Waals surface area contributed by atoms with Gasteiger partial charge in [0.2, 0.25) is 0 Å². The maximum absolute atomic E-state index is 13.4. The molecule has 0 bridgehead atoms. The average Bonchev–Trinajstić information content (AvgIpc) is 2.52. The highest BCUT2D eigenvalue weighted by molar-refractivity contribution is 7.97. The van der Waals surface area contributed by atoms with Crippen LogP contribution in [0.1, 0.15) is 5.56 Å². The largest absolute Gasteiger partial charge is 0.207 e. The highest BCUT2D eigenvalue weighted by Crippen LogP contribution is 2.32. The van der Waals surface area contributed by atoms with Crippen LogP contribution in [0.2, 0.25) is 0 Å². The molecule has 0 aliphatic carbocycles. The molecule has 2 heteroatoms. The molecule has 0 atom stereocenters. The van der Waals surface area contributed by atoms with Crippen molar-refractivity contribution in [2.45, 2.75) is 21.6 Å². The Kier molecular flexibility index (Phi) is 4.07. The van der Waals surface area contributed by atoms with Crippen LogP contribution >= 0.6 is 0 Å². The van der Waals surface area contributed by atoms with Gasteiger partial charge in [-0.3, -0.25) is 0 Å². The molecule has 0 heterocycles. The Morgan fingerprint density at radius 2 is 1.24 bits per heavy atom. The zero-order chi connectivity index (χ0) is 14.7. The highest BCUT2D eigenvalue weighted by atomic mass is 32.2. The Morgan fingerprint density at radius 1 is 0.714 bits per heavy atom. The third kappa shape index (κ3) is 3.01. The van der Waals surface area contributed by atoms with Gasteiger partial charge >= 0.3 is 0 Å². The molecule has 0 unspecified atom stereocenters. The van der Waals surface area contributed by atoms with E-state index in [2.05, 4.69) is 48.5 Å². The number of halogens is 1. The van der Waals surface area contributed by atoms with Gasteiger partial charge in [-0.2, -0.15) is 0 Å². The van der Waals surface area contributed by atoms with Crippen LogP contribution in [0.4, 0.5) is 4.39 Å². The van der Waals surface area contributed by atoms with E-state index < -0.39 is 0 Å². The fourth-order valence-corrected chi connectivity index (χ4v) is 4.57. The number of hydrogen-bond donors (Lipinski definition) is 0. The fourth-order valence-electron chi connectivity index (χ4n) is 2.35. The zero-order valence-corrected chi connectivity index (χ0v) is 12.6. The summed E-state index contributed by atoms with van der Waals surface area (Å²) < 4.78 is 13.4. The molecule has 0 radical (unpaired) electrons. The predicted molar refractivity (Wildman–Crippen MR) is 86.2 cm³/mol. The average molecular weight is 295 g/mol. The number of rotatable bonds is 3. The van der Waals surface area contributed by atoms with Gasteiger partial charge in [0.25, 0.3) is 0 Å². The lowest BCUT2D eigenvalue weighted by Crippen LogP contribution is -2.06. The molecule has 0 spiro atoms. The van der Waals surface area contributed by atoms with Crippen LogP contribution < -0.4 is 0 Å².